The summed E-state index contributed by atoms with van der Waals surface area (Å²) in [6, 6.07) is 0.843. The number of hydrogen-bond donors (Lipinski definition) is 1. The quantitative estimate of drug-likeness (QED) is 0.540. The third-order valence-corrected chi connectivity index (χ3v) is 1.62. The molecule has 0 bridgehead atoms. The third kappa shape index (κ3) is 1.40. The number of aliphatic hydroxyl groups excluding tert-OH is 1. The predicted octanol–water partition coefficient (Wildman–Crippen LogP) is 2.25. The summed E-state index contributed by atoms with van der Waals surface area (Å²) in [7, 11) is 0. The summed E-state index contributed by atoms with van der Waals surface area (Å²) in [5, 5.41) is 7.93. The third-order valence-electron chi connectivity index (χ3n) is 1.35. The highest BCUT2D eigenvalue weighted by atomic mass is 35.5. The number of rotatable bonds is 1. The lowest BCUT2D eigenvalue weighted by Gasteiger charge is -2.02. The fourth-order valence-corrected chi connectivity index (χ4v) is 0.952. The molecule has 0 amide bonds. The highest BCUT2D eigenvalue weighted by Crippen LogP contribution is 2.23. The maximum Gasteiger partial charge on any atom is 0.196 e. The Kier molecular flexibility index (Phi) is 2.59. The Hall–Kier alpha value is -0.740. The minimum absolute atomic E-state index is 0.362. The molecule has 12 heavy (non-hydrogen) atoms. The molecule has 0 saturated heterocycles. The molecule has 1 nitrogen and oxygen atoms in total. The Balaban J connectivity index is 3.39. The minimum atomic E-state index is -1.66. The van der Waals surface area contributed by atoms with Gasteiger partial charge in [-0.1, -0.05) is 11.6 Å². The molecule has 1 aromatic rings. The van der Waals surface area contributed by atoms with E-state index in [9.17, 15) is 13.2 Å². The van der Waals surface area contributed by atoms with E-state index in [1.54, 1.807) is 0 Å². The highest BCUT2D eigenvalue weighted by molar-refractivity contribution is 6.30. The van der Waals surface area contributed by atoms with E-state index in [0.29, 0.717) is 0 Å². The van der Waals surface area contributed by atoms with Crippen molar-refractivity contribution in [3.63, 3.8) is 0 Å². The van der Waals surface area contributed by atoms with Crippen molar-refractivity contribution in [1.82, 2.24) is 0 Å². The van der Waals surface area contributed by atoms with Crippen LogP contribution >= 0.6 is 11.6 Å². The van der Waals surface area contributed by atoms with Crippen molar-refractivity contribution in [2.24, 2.45) is 0 Å². The molecule has 0 aromatic heterocycles. The summed E-state index contributed by atoms with van der Waals surface area (Å²) in [4.78, 5) is 0. The lowest BCUT2D eigenvalue weighted by Crippen LogP contribution is -1.98. The van der Waals surface area contributed by atoms with Gasteiger partial charge in [0, 0.05) is 5.56 Å². The van der Waals surface area contributed by atoms with E-state index in [-0.39, 0.29) is 5.56 Å². The van der Waals surface area contributed by atoms with Crippen molar-refractivity contribution in [1.29, 1.82) is 0 Å². The van der Waals surface area contributed by atoms with Crippen LogP contribution in [0.25, 0.3) is 0 Å². The number of hydrogen-bond acceptors (Lipinski definition) is 1. The zero-order chi connectivity index (χ0) is 9.30. The molecule has 1 rings (SSSR count). The van der Waals surface area contributed by atoms with Gasteiger partial charge in [0.15, 0.2) is 17.5 Å². The smallest absolute Gasteiger partial charge is 0.196 e. The van der Waals surface area contributed by atoms with Crippen LogP contribution in [0, 0.1) is 17.5 Å². The molecule has 0 fully saturated rings. The van der Waals surface area contributed by atoms with Gasteiger partial charge in [-0.25, -0.2) is 13.2 Å². The number of aliphatic hydroxyl groups is 1. The van der Waals surface area contributed by atoms with Crippen LogP contribution in [0.1, 0.15) is 5.56 Å². The summed E-state index contributed by atoms with van der Waals surface area (Å²) in [5.41, 5.74) is -0.362. The average molecular weight is 197 g/mol. The molecular formula is C7H4ClF3O. The van der Waals surface area contributed by atoms with E-state index < -0.39 is 29.1 Å². The Bertz CT molecular complexity index is 314. The van der Waals surface area contributed by atoms with Gasteiger partial charge in [0.05, 0.1) is 11.6 Å². The highest BCUT2D eigenvalue weighted by Gasteiger charge is 2.16. The summed E-state index contributed by atoms with van der Waals surface area (Å²) >= 11 is 5.18. The van der Waals surface area contributed by atoms with Gasteiger partial charge in [-0.3, -0.25) is 0 Å². The van der Waals surface area contributed by atoms with Gasteiger partial charge in [0.25, 0.3) is 0 Å². The van der Waals surface area contributed by atoms with Gasteiger partial charge in [-0.05, 0) is 6.07 Å². The monoisotopic (exact) mass is 196 g/mol. The Morgan fingerprint density at radius 1 is 1.17 bits per heavy atom. The standard InChI is InChI=1S/C7H4ClF3O/c8-4-1-3(2-12)5(9)7(11)6(4)10/h1,12H,2H2. The van der Waals surface area contributed by atoms with Crippen LogP contribution in [0.15, 0.2) is 6.07 Å². The maximum absolute atomic E-state index is 12.6. The molecular weight excluding hydrogens is 193 g/mol. The van der Waals surface area contributed by atoms with Crippen molar-refractivity contribution in [2.75, 3.05) is 0 Å². The number of benzene rings is 1. The van der Waals surface area contributed by atoms with Crippen LogP contribution in [-0.4, -0.2) is 5.11 Å². The normalized spacial score (nSPS) is 10.4. The van der Waals surface area contributed by atoms with E-state index in [1.165, 1.54) is 0 Å². The first-order valence-corrected chi connectivity index (χ1v) is 3.38. The minimum Gasteiger partial charge on any atom is -0.392 e. The molecule has 0 aliphatic carbocycles. The number of halogens is 4. The Morgan fingerprint density at radius 2 is 1.75 bits per heavy atom. The van der Waals surface area contributed by atoms with Crippen molar-refractivity contribution in [3.05, 3.63) is 34.1 Å². The molecule has 0 unspecified atom stereocenters. The summed E-state index contributed by atoms with van der Waals surface area (Å²) in [6.07, 6.45) is 0. The fourth-order valence-electron chi connectivity index (χ4n) is 0.737. The average Bonchev–Trinajstić information content (AvgIpc) is 2.08. The van der Waals surface area contributed by atoms with Crippen LogP contribution < -0.4 is 0 Å². The van der Waals surface area contributed by atoms with E-state index in [2.05, 4.69) is 0 Å². The van der Waals surface area contributed by atoms with Crippen LogP contribution in [0.5, 0.6) is 0 Å². The van der Waals surface area contributed by atoms with E-state index in [4.69, 9.17) is 16.7 Å². The molecule has 0 spiro atoms. The Labute approximate surface area is 71.4 Å². The first-order valence-electron chi connectivity index (χ1n) is 3.00. The van der Waals surface area contributed by atoms with Gasteiger partial charge in [0.2, 0.25) is 0 Å². The van der Waals surface area contributed by atoms with Gasteiger partial charge < -0.3 is 5.11 Å². The summed E-state index contributed by atoms with van der Waals surface area (Å²) < 4.78 is 37.6. The van der Waals surface area contributed by atoms with Gasteiger partial charge in [0.1, 0.15) is 0 Å². The van der Waals surface area contributed by atoms with E-state index in [0.717, 1.165) is 6.07 Å². The largest absolute Gasteiger partial charge is 0.392 e. The van der Waals surface area contributed by atoms with Crippen LogP contribution in [0.2, 0.25) is 5.02 Å². The second kappa shape index (κ2) is 3.33. The van der Waals surface area contributed by atoms with E-state index >= 15 is 0 Å². The summed E-state index contributed by atoms with van der Waals surface area (Å²) in [5.74, 6) is -4.50. The SMILES string of the molecule is OCc1cc(Cl)c(F)c(F)c1F. The molecule has 5 heteroatoms. The molecule has 0 aliphatic rings. The molecule has 0 heterocycles. The molecule has 1 N–H and O–H groups in total. The van der Waals surface area contributed by atoms with Crippen molar-refractivity contribution < 1.29 is 18.3 Å². The predicted molar refractivity (Wildman–Crippen MR) is 37.2 cm³/mol. The van der Waals surface area contributed by atoms with Crippen molar-refractivity contribution >= 4 is 11.6 Å². The zero-order valence-electron chi connectivity index (χ0n) is 5.74. The first kappa shape index (κ1) is 9.35. The topological polar surface area (TPSA) is 20.2 Å². The zero-order valence-corrected chi connectivity index (χ0v) is 6.50. The molecule has 0 radical (unpaired) electrons. The molecule has 1 aromatic carbocycles. The summed E-state index contributed by atoms with van der Waals surface area (Å²) in [6.45, 7) is -0.719. The lowest BCUT2D eigenvalue weighted by molar-refractivity contribution is 0.272. The molecule has 66 valence electrons. The van der Waals surface area contributed by atoms with Gasteiger partial charge in [-0.2, -0.15) is 0 Å². The van der Waals surface area contributed by atoms with Crippen LogP contribution in [-0.2, 0) is 6.61 Å². The van der Waals surface area contributed by atoms with Crippen LogP contribution in [0.3, 0.4) is 0 Å². The second-order valence-electron chi connectivity index (χ2n) is 2.12. The van der Waals surface area contributed by atoms with Crippen molar-refractivity contribution in [3.8, 4) is 0 Å². The fraction of sp³-hybridized carbons (Fsp3) is 0.143. The molecule has 0 atom stereocenters. The Morgan fingerprint density at radius 3 is 2.25 bits per heavy atom. The second-order valence-corrected chi connectivity index (χ2v) is 2.52. The first-order chi connectivity index (χ1) is 5.57. The lowest BCUT2D eigenvalue weighted by atomic mass is 10.2. The maximum atomic E-state index is 12.6. The van der Waals surface area contributed by atoms with Gasteiger partial charge >= 0.3 is 0 Å². The van der Waals surface area contributed by atoms with Crippen molar-refractivity contribution in [2.45, 2.75) is 6.61 Å². The van der Waals surface area contributed by atoms with Crippen LogP contribution in [0.4, 0.5) is 13.2 Å². The van der Waals surface area contributed by atoms with E-state index in [1.807, 2.05) is 0 Å². The van der Waals surface area contributed by atoms with Gasteiger partial charge in [-0.15, -0.1) is 0 Å². The molecule has 0 saturated carbocycles. The molecule has 0 aliphatic heterocycles.